The van der Waals surface area contributed by atoms with Crippen molar-refractivity contribution in [3.63, 3.8) is 0 Å². The molecule has 0 aliphatic heterocycles. The van der Waals surface area contributed by atoms with Crippen molar-refractivity contribution in [1.29, 1.82) is 0 Å². The minimum Gasteiger partial charge on any atom is -0.491 e. The standard InChI is InChI=1S/C21H21FN4O2/c1-13(2)28-18-10-8-17(9-11-18)26-21(27)19-12-20(24-14(3)23-19)25-16-6-4-15(22)5-7-16/h4-13H,1-3H3,(H,26,27)(H,23,24,25). The summed E-state index contributed by atoms with van der Waals surface area (Å²) in [7, 11) is 0. The molecule has 0 fully saturated rings. The molecule has 3 rings (SSSR count). The predicted molar refractivity (Wildman–Crippen MR) is 107 cm³/mol. The highest BCUT2D eigenvalue weighted by Crippen LogP contribution is 2.19. The van der Waals surface area contributed by atoms with Crippen LogP contribution in [0.1, 0.15) is 30.2 Å². The minimum absolute atomic E-state index is 0.0801. The summed E-state index contributed by atoms with van der Waals surface area (Å²) < 4.78 is 18.6. The van der Waals surface area contributed by atoms with E-state index in [1.165, 1.54) is 12.1 Å². The number of rotatable bonds is 6. The fourth-order valence-electron chi connectivity index (χ4n) is 2.51. The number of ether oxygens (including phenoxy) is 1. The van der Waals surface area contributed by atoms with Crippen LogP contribution >= 0.6 is 0 Å². The third kappa shape index (κ3) is 5.26. The van der Waals surface area contributed by atoms with Crippen molar-refractivity contribution in [3.05, 3.63) is 71.9 Å². The second-order valence-electron chi connectivity index (χ2n) is 6.46. The molecule has 0 aliphatic rings. The molecule has 0 saturated carbocycles. The van der Waals surface area contributed by atoms with Gasteiger partial charge >= 0.3 is 0 Å². The van der Waals surface area contributed by atoms with E-state index in [0.29, 0.717) is 23.0 Å². The van der Waals surface area contributed by atoms with Gasteiger partial charge in [-0.15, -0.1) is 0 Å². The number of nitrogens with one attached hydrogen (secondary N) is 2. The molecule has 6 nitrogen and oxygen atoms in total. The van der Waals surface area contributed by atoms with Crippen LogP contribution in [0.15, 0.2) is 54.6 Å². The van der Waals surface area contributed by atoms with Crippen LogP contribution in [0.4, 0.5) is 21.6 Å². The lowest BCUT2D eigenvalue weighted by molar-refractivity contribution is 0.102. The van der Waals surface area contributed by atoms with E-state index in [1.807, 2.05) is 13.8 Å². The number of carbonyl (C=O) groups excluding carboxylic acids is 1. The van der Waals surface area contributed by atoms with Gasteiger partial charge in [0.25, 0.3) is 5.91 Å². The monoisotopic (exact) mass is 380 g/mol. The second kappa shape index (κ2) is 8.47. The first-order valence-corrected chi connectivity index (χ1v) is 8.85. The Morgan fingerprint density at radius 1 is 1.00 bits per heavy atom. The molecule has 1 aromatic heterocycles. The number of hydrogen-bond donors (Lipinski definition) is 2. The predicted octanol–water partition coefficient (Wildman–Crippen LogP) is 4.71. The quantitative estimate of drug-likeness (QED) is 0.648. The number of amides is 1. The average Bonchev–Trinajstić information content (AvgIpc) is 2.64. The van der Waals surface area contributed by atoms with Crippen molar-refractivity contribution in [2.45, 2.75) is 26.9 Å². The van der Waals surface area contributed by atoms with Crippen LogP contribution in [0.25, 0.3) is 0 Å². The molecule has 0 unspecified atom stereocenters. The fourth-order valence-corrected chi connectivity index (χ4v) is 2.51. The number of hydrogen-bond acceptors (Lipinski definition) is 5. The molecule has 3 aromatic rings. The molecule has 1 heterocycles. The Balaban J connectivity index is 1.72. The lowest BCUT2D eigenvalue weighted by Gasteiger charge is -2.11. The molecular formula is C21H21FN4O2. The van der Waals surface area contributed by atoms with E-state index in [4.69, 9.17) is 4.74 Å². The summed E-state index contributed by atoms with van der Waals surface area (Å²) in [5.41, 5.74) is 1.51. The lowest BCUT2D eigenvalue weighted by atomic mass is 10.2. The van der Waals surface area contributed by atoms with Gasteiger partial charge in [-0.05, 0) is 69.3 Å². The highest BCUT2D eigenvalue weighted by atomic mass is 19.1. The molecule has 1 amide bonds. The van der Waals surface area contributed by atoms with Crippen LogP contribution in [-0.2, 0) is 0 Å². The third-order valence-electron chi connectivity index (χ3n) is 3.67. The maximum Gasteiger partial charge on any atom is 0.274 e. The van der Waals surface area contributed by atoms with Gasteiger partial charge in [-0.3, -0.25) is 4.79 Å². The van der Waals surface area contributed by atoms with Crippen LogP contribution < -0.4 is 15.4 Å². The van der Waals surface area contributed by atoms with Gasteiger partial charge in [0.1, 0.15) is 28.9 Å². The maximum atomic E-state index is 13.0. The number of benzene rings is 2. The van der Waals surface area contributed by atoms with Crippen molar-refractivity contribution < 1.29 is 13.9 Å². The zero-order valence-corrected chi connectivity index (χ0v) is 15.9. The first-order valence-electron chi connectivity index (χ1n) is 8.85. The molecule has 144 valence electrons. The van der Waals surface area contributed by atoms with E-state index >= 15 is 0 Å². The Bertz CT molecular complexity index is 957. The van der Waals surface area contributed by atoms with Gasteiger partial charge < -0.3 is 15.4 Å². The number of aryl methyl sites for hydroxylation is 1. The molecule has 0 atom stereocenters. The van der Waals surface area contributed by atoms with E-state index < -0.39 is 0 Å². The highest BCUT2D eigenvalue weighted by molar-refractivity contribution is 6.03. The van der Waals surface area contributed by atoms with Crippen LogP contribution in [0.5, 0.6) is 5.75 Å². The SMILES string of the molecule is Cc1nc(Nc2ccc(F)cc2)cc(C(=O)Nc2ccc(OC(C)C)cc2)n1. The van der Waals surface area contributed by atoms with Gasteiger partial charge in [-0.25, -0.2) is 14.4 Å². The minimum atomic E-state index is -0.356. The van der Waals surface area contributed by atoms with Crippen LogP contribution in [0, 0.1) is 12.7 Å². The summed E-state index contributed by atoms with van der Waals surface area (Å²) in [6.07, 6.45) is 0.0801. The Morgan fingerprint density at radius 2 is 1.64 bits per heavy atom. The van der Waals surface area contributed by atoms with Gasteiger partial charge in [0, 0.05) is 17.4 Å². The van der Waals surface area contributed by atoms with E-state index in [0.717, 1.165) is 5.75 Å². The molecule has 7 heteroatoms. The molecule has 28 heavy (non-hydrogen) atoms. The Hall–Kier alpha value is -3.48. The van der Waals surface area contributed by atoms with Crippen LogP contribution in [0.2, 0.25) is 0 Å². The maximum absolute atomic E-state index is 13.0. The van der Waals surface area contributed by atoms with Crippen LogP contribution in [0.3, 0.4) is 0 Å². The summed E-state index contributed by atoms with van der Waals surface area (Å²) >= 11 is 0. The van der Waals surface area contributed by atoms with Crippen molar-refractivity contribution in [1.82, 2.24) is 9.97 Å². The smallest absolute Gasteiger partial charge is 0.274 e. The van der Waals surface area contributed by atoms with Crippen molar-refractivity contribution in [2.75, 3.05) is 10.6 Å². The molecule has 0 saturated heterocycles. The molecule has 0 radical (unpaired) electrons. The molecule has 0 bridgehead atoms. The molecular weight excluding hydrogens is 359 g/mol. The number of aromatic nitrogens is 2. The van der Waals surface area contributed by atoms with Crippen molar-refractivity contribution >= 4 is 23.1 Å². The summed E-state index contributed by atoms with van der Waals surface area (Å²) in [4.78, 5) is 21.0. The summed E-state index contributed by atoms with van der Waals surface area (Å²) in [5, 5.41) is 5.84. The molecule has 2 N–H and O–H groups in total. The average molecular weight is 380 g/mol. The topological polar surface area (TPSA) is 76.1 Å². The van der Waals surface area contributed by atoms with Crippen molar-refractivity contribution in [3.8, 4) is 5.75 Å². The van der Waals surface area contributed by atoms with Gasteiger partial charge in [0.15, 0.2) is 0 Å². The van der Waals surface area contributed by atoms with Crippen molar-refractivity contribution in [2.24, 2.45) is 0 Å². The summed E-state index contributed by atoms with van der Waals surface area (Å²) in [5.74, 6) is 0.944. The van der Waals surface area contributed by atoms with Gasteiger partial charge in [-0.1, -0.05) is 0 Å². The normalized spacial score (nSPS) is 10.6. The van der Waals surface area contributed by atoms with Gasteiger partial charge in [0.05, 0.1) is 6.10 Å². The number of carbonyl (C=O) groups is 1. The van der Waals surface area contributed by atoms with Gasteiger partial charge in [-0.2, -0.15) is 0 Å². The second-order valence-corrected chi connectivity index (χ2v) is 6.46. The lowest BCUT2D eigenvalue weighted by Crippen LogP contribution is -2.15. The number of nitrogens with zero attached hydrogens (tertiary/aromatic N) is 2. The fraction of sp³-hybridized carbons (Fsp3) is 0.190. The first-order chi connectivity index (χ1) is 13.4. The number of halogens is 1. The summed E-state index contributed by atoms with van der Waals surface area (Å²) in [6, 6.07) is 14.5. The Labute approximate surface area is 162 Å². The largest absolute Gasteiger partial charge is 0.491 e. The molecule has 2 aromatic carbocycles. The Morgan fingerprint density at radius 3 is 2.29 bits per heavy atom. The molecule has 0 aliphatic carbocycles. The van der Waals surface area contributed by atoms with E-state index in [1.54, 1.807) is 49.4 Å². The van der Waals surface area contributed by atoms with Crippen LogP contribution in [-0.4, -0.2) is 22.0 Å². The third-order valence-corrected chi connectivity index (χ3v) is 3.67. The van der Waals surface area contributed by atoms with Gasteiger partial charge in [0.2, 0.25) is 0 Å². The Kier molecular flexibility index (Phi) is 5.84. The van der Waals surface area contributed by atoms with E-state index in [-0.39, 0.29) is 23.5 Å². The first kappa shape index (κ1) is 19.3. The highest BCUT2D eigenvalue weighted by Gasteiger charge is 2.11. The van der Waals surface area contributed by atoms with E-state index in [2.05, 4.69) is 20.6 Å². The zero-order chi connectivity index (χ0) is 20.1. The number of anilines is 3. The molecule has 0 spiro atoms. The zero-order valence-electron chi connectivity index (χ0n) is 15.9. The summed E-state index contributed by atoms with van der Waals surface area (Å²) in [6.45, 7) is 5.60. The van der Waals surface area contributed by atoms with E-state index in [9.17, 15) is 9.18 Å².